The SMILES string of the molecule is CC[C@H](Nc1ccc(Br)cc1)C(=O)N/N=C\c1ccc(N(C)C)cc1. The molecule has 6 heteroatoms. The van der Waals surface area contributed by atoms with E-state index < -0.39 is 0 Å². The smallest absolute Gasteiger partial charge is 0.262 e. The van der Waals surface area contributed by atoms with Gasteiger partial charge in [0.25, 0.3) is 5.91 Å². The first-order chi connectivity index (χ1) is 12.0. The molecule has 2 rings (SSSR count). The third-order valence-corrected chi connectivity index (χ3v) is 4.24. The number of hydrogen-bond acceptors (Lipinski definition) is 4. The van der Waals surface area contributed by atoms with E-state index in [1.807, 2.05) is 74.4 Å². The Morgan fingerprint density at radius 3 is 2.36 bits per heavy atom. The van der Waals surface area contributed by atoms with E-state index >= 15 is 0 Å². The Morgan fingerprint density at radius 2 is 1.80 bits per heavy atom. The van der Waals surface area contributed by atoms with Crippen molar-refractivity contribution in [3.63, 3.8) is 0 Å². The topological polar surface area (TPSA) is 56.7 Å². The molecule has 0 fully saturated rings. The summed E-state index contributed by atoms with van der Waals surface area (Å²) in [5, 5.41) is 7.27. The minimum atomic E-state index is -0.338. The molecule has 2 aromatic carbocycles. The van der Waals surface area contributed by atoms with Crippen molar-refractivity contribution < 1.29 is 4.79 Å². The van der Waals surface area contributed by atoms with Crippen LogP contribution < -0.4 is 15.6 Å². The van der Waals surface area contributed by atoms with Gasteiger partial charge >= 0.3 is 0 Å². The number of rotatable bonds is 7. The average Bonchev–Trinajstić information content (AvgIpc) is 2.61. The summed E-state index contributed by atoms with van der Waals surface area (Å²) in [6.45, 7) is 1.96. The summed E-state index contributed by atoms with van der Waals surface area (Å²) in [6.07, 6.45) is 2.30. The molecule has 1 amide bonds. The van der Waals surface area contributed by atoms with Crippen molar-refractivity contribution in [2.45, 2.75) is 19.4 Å². The maximum atomic E-state index is 12.3. The molecule has 0 saturated heterocycles. The number of nitrogens with zero attached hydrogens (tertiary/aromatic N) is 2. The van der Waals surface area contributed by atoms with Gasteiger partial charge < -0.3 is 10.2 Å². The minimum Gasteiger partial charge on any atom is -0.378 e. The van der Waals surface area contributed by atoms with Crippen molar-refractivity contribution >= 4 is 39.4 Å². The number of anilines is 2. The molecular weight excluding hydrogens is 380 g/mol. The Hall–Kier alpha value is -2.34. The molecule has 0 bridgehead atoms. The molecule has 1 atom stereocenters. The molecule has 0 saturated carbocycles. The van der Waals surface area contributed by atoms with Gasteiger partial charge in [0.05, 0.1) is 6.21 Å². The second-order valence-electron chi connectivity index (χ2n) is 5.83. The monoisotopic (exact) mass is 402 g/mol. The van der Waals surface area contributed by atoms with Crippen LogP contribution in [0.3, 0.4) is 0 Å². The third-order valence-electron chi connectivity index (χ3n) is 3.71. The quantitative estimate of drug-likeness (QED) is 0.545. The zero-order valence-electron chi connectivity index (χ0n) is 14.7. The third kappa shape index (κ3) is 5.90. The van der Waals surface area contributed by atoms with Gasteiger partial charge in [-0.1, -0.05) is 35.0 Å². The molecule has 0 heterocycles. The Bertz CT molecular complexity index is 711. The molecule has 0 aromatic heterocycles. The van der Waals surface area contributed by atoms with Crippen LogP contribution >= 0.6 is 15.9 Å². The van der Waals surface area contributed by atoms with E-state index in [1.54, 1.807) is 6.21 Å². The molecule has 0 aliphatic heterocycles. The fourth-order valence-corrected chi connectivity index (χ4v) is 2.47. The molecule has 5 nitrogen and oxygen atoms in total. The van der Waals surface area contributed by atoms with E-state index in [0.29, 0.717) is 6.42 Å². The fraction of sp³-hybridized carbons (Fsp3) is 0.263. The van der Waals surface area contributed by atoms with Crippen LogP contribution in [0.4, 0.5) is 11.4 Å². The van der Waals surface area contributed by atoms with Gasteiger partial charge in [-0.2, -0.15) is 5.10 Å². The van der Waals surface area contributed by atoms with Crippen molar-refractivity contribution in [3.8, 4) is 0 Å². The van der Waals surface area contributed by atoms with Crippen LogP contribution in [0.5, 0.6) is 0 Å². The highest BCUT2D eigenvalue weighted by atomic mass is 79.9. The van der Waals surface area contributed by atoms with Gasteiger partial charge in [-0.05, 0) is 48.4 Å². The predicted molar refractivity (Wildman–Crippen MR) is 108 cm³/mol. The highest BCUT2D eigenvalue weighted by molar-refractivity contribution is 9.10. The second kappa shape index (κ2) is 9.22. The lowest BCUT2D eigenvalue weighted by molar-refractivity contribution is -0.121. The number of carbonyl (C=O) groups excluding carboxylic acids is 1. The van der Waals surface area contributed by atoms with Crippen LogP contribution in [0.15, 0.2) is 58.1 Å². The van der Waals surface area contributed by atoms with E-state index in [9.17, 15) is 4.79 Å². The van der Waals surface area contributed by atoms with Gasteiger partial charge in [0, 0.05) is 29.9 Å². The maximum absolute atomic E-state index is 12.3. The normalized spacial score (nSPS) is 12.0. The standard InChI is InChI=1S/C19H23BrN4O/c1-4-18(22-16-9-7-15(20)8-10-16)19(25)23-21-13-14-5-11-17(12-6-14)24(2)3/h5-13,18,22H,4H2,1-3H3,(H,23,25)/b21-13-/t18-/m0/s1. The van der Waals surface area contributed by atoms with Crippen LogP contribution in [0.1, 0.15) is 18.9 Å². The second-order valence-corrected chi connectivity index (χ2v) is 6.75. The van der Waals surface area contributed by atoms with Crippen molar-refractivity contribution in [1.29, 1.82) is 0 Å². The van der Waals surface area contributed by atoms with Gasteiger partial charge in [-0.25, -0.2) is 5.43 Å². The molecule has 2 aromatic rings. The van der Waals surface area contributed by atoms with Gasteiger partial charge in [0.1, 0.15) is 6.04 Å². The molecule has 2 N–H and O–H groups in total. The summed E-state index contributed by atoms with van der Waals surface area (Å²) >= 11 is 3.40. The largest absolute Gasteiger partial charge is 0.378 e. The van der Waals surface area contributed by atoms with Crippen LogP contribution in [-0.2, 0) is 4.79 Å². The molecule has 0 unspecified atom stereocenters. The fourth-order valence-electron chi connectivity index (χ4n) is 2.21. The number of benzene rings is 2. The molecular formula is C19H23BrN4O. The number of amides is 1. The van der Waals surface area contributed by atoms with Gasteiger partial charge in [-0.3, -0.25) is 4.79 Å². The zero-order chi connectivity index (χ0) is 18.2. The average molecular weight is 403 g/mol. The first-order valence-electron chi connectivity index (χ1n) is 8.12. The predicted octanol–water partition coefficient (Wildman–Crippen LogP) is 3.86. The number of hydrazone groups is 1. The lowest BCUT2D eigenvalue weighted by atomic mass is 10.2. The van der Waals surface area contributed by atoms with Crippen molar-refractivity contribution in [2.75, 3.05) is 24.3 Å². The Balaban J connectivity index is 1.91. The maximum Gasteiger partial charge on any atom is 0.262 e. The summed E-state index contributed by atoms with van der Waals surface area (Å²) in [7, 11) is 3.99. The number of hydrogen-bond donors (Lipinski definition) is 2. The Kier molecular flexibility index (Phi) is 7.01. The van der Waals surface area contributed by atoms with Crippen LogP contribution in [0.25, 0.3) is 0 Å². The summed E-state index contributed by atoms with van der Waals surface area (Å²) in [5.41, 5.74) is 5.54. The number of carbonyl (C=O) groups is 1. The summed E-state index contributed by atoms with van der Waals surface area (Å²) in [4.78, 5) is 14.3. The summed E-state index contributed by atoms with van der Waals surface area (Å²) < 4.78 is 1.00. The summed E-state index contributed by atoms with van der Waals surface area (Å²) in [6, 6.07) is 15.3. The Labute approximate surface area is 157 Å². The molecule has 25 heavy (non-hydrogen) atoms. The first kappa shape index (κ1) is 19.0. The highest BCUT2D eigenvalue weighted by Gasteiger charge is 2.15. The van der Waals surface area contributed by atoms with E-state index in [4.69, 9.17) is 0 Å². The Morgan fingerprint density at radius 1 is 1.16 bits per heavy atom. The van der Waals surface area contributed by atoms with E-state index in [2.05, 4.69) is 31.8 Å². The molecule has 0 aliphatic carbocycles. The zero-order valence-corrected chi connectivity index (χ0v) is 16.2. The van der Waals surface area contributed by atoms with Gasteiger partial charge in [-0.15, -0.1) is 0 Å². The van der Waals surface area contributed by atoms with Crippen LogP contribution in [-0.4, -0.2) is 32.3 Å². The van der Waals surface area contributed by atoms with E-state index in [-0.39, 0.29) is 11.9 Å². The highest BCUT2D eigenvalue weighted by Crippen LogP contribution is 2.15. The summed E-state index contributed by atoms with van der Waals surface area (Å²) in [5.74, 6) is -0.161. The van der Waals surface area contributed by atoms with E-state index in [1.165, 1.54) is 0 Å². The first-order valence-corrected chi connectivity index (χ1v) is 8.91. The molecule has 132 valence electrons. The van der Waals surface area contributed by atoms with Crippen LogP contribution in [0.2, 0.25) is 0 Å². The van der Waals surface area contributed by atoms with Crippen molar-refractivity contribution in [3.05, 3.63) is 58.6 Å². The van der Waals surface area contributed by atoms with E-state index in [0.717, 1.165) is 21.4 Å². The minimum absolute atomic E-state index is 0.161. The van der Waals surface area contributed by atoms with Crippen molar-refractivity contribution in [1.82, 2.24) is 5.43 Å². The number of nitrogens with one attached hydrogen (secondary N) is 2. The van der Waals surface area contributed by atoms with Gasteiger partial charge in [0.15, 0.2) is 0 Å². The molecule has 0 radical (unpaired) electrons. The van der Waals surface area contributed by atoms with Crippen LogP contribution in [0, 0.1) is 0 Å². The van der Waals surface area contributed by atoms with Gasteiger partial charge in [0.2, 0.25) is 0 Å². The molecule has 0 aliphatic rings. The lowest BCUT2D eigenvalue weighted by Gasteiger charge is -2.16. The van der Waals surface area contributed by atoms with Crippen molar-refractivity contribution in [2.24, 2.45) is 5.10 Å². The lowest BCUT2D eigenvalue weighted by Crippen LogP contribution is -2.36. The molecule has 0 spiro atoms. The number of halogens is 1.